The Morgan fingerprint density at radius 3 is 2.17 bits per heavy atom. The maximum Gasteiger partial charge on any atom is 0.161 e. The molecule has 124 valence electrons. The van der Waals surface area contributed by atoms with E-state index in [4.69, 9.17) is 14.2 Å². The smallest absolute Gasteiger partial charge is 0.161 e. The third-order valence-electron chi connectivity index (χ3n) is 3.20. The van der Waals surface area contributed by atoms with Gasteiger partial charge in [-0.15, -0.1) is 0 Å². The van der Waals surface area contributed by atoms with Gasteiger partial charge in [0.2, 0.25) is 0 Å². The molecular weight excluding hydrogens is 290 g/mol. The van der Waals surface area contributed by atoms with Gasteiger partial charge in [-0.2, -0.15) is 0 Å². The monoisotopic (exact) mass is 315 g/mol. The van der Waals surface area contributed by atoms with Crippen molar-refractivity contribution in [2.75, 3.05) is 32.9 Å². The fourth-order valence-corrected chi connectivity index (χ4v) is 2.11. The summed E-state index contributed by atoms with van der Waals surface area (Å²) in [6.45, 7) is 5.64. The minimum absolute atomic E-state index is 0.615. The number of hydrogen-bond donors (Lipinski definition) is 1. The molecule has 0 atom stereocenters. The molecule has 0 bridgehead atoms. The Balaban J connectivity index is 1.53. The topological polar surface area (TPSA) is 39.7 Å². The minimum atomic E-state index is 0.615. The van der Waals surface area contributed by atoms with Gasteiger partial charge in [0.05, 0.1) is 13.2 Å². The first-order valence-electron chi connectivity index (χ1n) is 8.13. The van der Waals surface area contributed by atoms with E-state index in [-0.39, 0.29) is 0 Å². The molecule has 4 nitrogen and oxygen atoms in total. The lowest BCUT2D eigenvalue weighted by molar-refractivity contribution is 0.272. The maximum absolute atomic E-state index is 5.75. The van der Waals surface area contributed by atoms with E-state index < -0.39 is 0 Å². The van der Waals surface area contributed by atoms with Crippen LogP contribution in [0, 0.1) is 0 Å². The number of ether oxygens (including phenoxy) is 3. The van der Waals surface area contributed by atoms with Crippen LogP contribution in [0.25, 0.3) is 0 Å². The van der Waals surface area contributed by atoms with Gasteiger partial charge in [-0.1, -0.05) is 30.3 Å². The standard InChI is InChI=1S/C19H25NO3/c1-2-21-18-11-6-7-12-19(18)23-16-14-20-13-8-15-22-17-9-4-3-5-10-17/h3-7,9-12,20H,2,8,13-16H2,1H3. The van der Waals surface area contributed by atoms with Crippen LogP contribution < -0.4 is 19.5 Å². The summed E-state index contributed by atoms with van der Waals surface area (Å²) in [6.07, 6.45) is 0.963. The average Bonchev–Trinajstić information content (AvgIpc) is 2.60. The molecular formula is C19H25NO3. The predicted octanol–water partition coefficient (Wildman–Crippen LogP) is 3.52. The van der Waals surface area contributed by atoms with Crippen molar-refractivity contribution in [3.63, 3.8) is 0 Å². The highest BCUT2D eigenvalue weighted by atomic mass is 16.5. The Morgan fingerprint density at radius 2 is 1.43 bits per heavy atom. The Bertz CT molecular complexity index is 545. The van der Waals surface area contributed by atoms with E-state index in [0.29, 0.717) is 19.8 Å². The van der Waals surface area contributed by atoms with Gasteiger partial charge in [0, 0.05) is 6.54 Å². The summed E-state index contributed by atoms with van der Waals surface area (Å²) in [4.78, 5) is 0. The lowest BCUT2D eigenvalue weighted by atomic mass is 10.3. The zero-order chi connectivity index (χ0) is 16.2. The van der Waals surface area contributed by atoms with E-state index in [1.807, 2.05) is 61.5 Å². The highest BCUT2D eigenvalue weighted by molar-refractivity contribution is 5.39. The summed E-state index contributed by atoms with van der Waals surface area (Å²) < 4.78 is 16.9. The van der Waals surface area contributed by atoms with Crippen LogP contribution in [0.2, 0.25) is 0 Å². The quantitative estimate of drug-likeness (QED) is 0.644. The van der Waals surface area contributed by atoms with Crippen molar-refractivity contribution in [3.05, 3.63) is 54.6 Å². The van der Waals surface area contributed by atoms with Crippen molar-refractivity contribution in [2.24, 2.45) is 0 Å². The summed E-state index contributed by atoms with van der Waals surface area (Å²) in [5.41, 5.74) is 0. The van der Waals surface area contributed by atoms with Crippen molar-refractivity contribution in [3.8, 4) is 17.2 Å². The van der Waals surface area contributed by atoms with Crippen molar-refractivity contribution < 1.29 is 14.2 Å². The summed E-state index contributed by atoms with van der Waals surface area (Å²) in [6, 6.07) is 17.6. The van der Waals surface area contributed by atoms with Crippen LogP contribution in [0.3, 0.4) is 0 Å². The SMILES string of the molecule is CCOc1ccccc1OCCNCCCOc1ccccc1. The molecule has 0 spiro atoms. The van der Waals surface area contributed by atoms with Crippen molar-refractivity contribution >= 4 is 0 Å². The first-order valence-corrected chi connectivity index (χ1v) is 8.13. The van der Waals surface area contributed by atoms with E-state index >= 15 is 0 Å². The van der Waals surface area contributed by atoms with E-state index in [0.717, 1.165) is 36.8 Å². The molecule has 2 rings (SSSR count). The molecule has 0 heterocycles. The van der Waals surface area contributed by atoms with Crippen LogP contribution >= 0.6 is 0 Å². The fraction of sp³-hybridized carbons (Fsp3) is 0.368. The minimum Gasteiger partial charge on any atom is -0.494 e. The molecule has 23 heavy (non-hydrogen) atoms. The number of rotatable bonds is 11. The van der Waals surface area contributed by atoms with Crippen molar-refractivity contribution in [1.29, 1.82) is 0 Å². The van der Waals surface area contributed by atoms with Crippen LogP contribution in [-0.4, -0.2) is 32.9 Å². The van der Waals surface area contributed by atoms with Gasteiger partial charge in [0.25, 0.3) is 0 Å². The molecule has 0 radical (unpaired) electrons. The largest absolute Gasteiger partial charge is 0.494 e. The number of hydrogen-bond acceptors (Lipinski definition) is 4. The van der Waals surface area contributed by atoms with Gasteiger partial charge in [0.15, 0.2) is 11.5 Å². The second kappa shape index (κ2) is 10.5. The van der Waals surface area contributed by atoms with Gasteiger partial charge < -0.3 is 19.5 Å². The number of nitrogens with one attached hydrogen (secondary N) is 1. The zero-order valence-corrected chi connectivity index (χ0v) is 13.7. The van der Waals surface area contributed by atoms with E-state index in [1.165, 1.54) is 0 Å². The molecule has 0 saturated heterocycles. The van der Waals surface area contributed by atoms with Crippen molar-refractivity contribution in [2.45, 2.75) is 13.3 Å². The molecule has 2 aromatic rings. The van der Waals surface area contributed by atoms with E-state index in [9.17, 15) is 0 Å². The van der Waals surface area contributed by atoms with Gasteiger partial charge in [-0.3, -0.25) is 0 Å². The summed E-state index contributed by atoms with van der Waals surface area (Å²) >= 11 is 0. The Hall–Kier alpha value is -2.20. The lowest BCUT2D eigenvalue weighted by Crippen LogP contribution is -2.23. The van der Waals surface area contributed by atoms with Crippen molar-refractivity contribution in [1.82, 2.24) is 5.32 Å². The third kappa shape index (κ3) is 6.61. The molecule has 0 aliphatic carbocycles. The zero-order valence-electron chi connectivity index (χ0n) is 13.7. The second-order valence-corrected chi connectivity index (χ2v) is 4.99. The van der Waals surface area contributed by atoms with Crippen LogP contribution in [0.4, 0.5) is 0 Å². The molecule has 0 aliphatic heterocycles. The maximum atomic E-state index is 5.75. The average molecular weight is 315 g/mol. The molecule has 0 fully saturated rings. The lowest BCUT2D eigenvalue weighted by Gasteiger charge is -2.12. The van der Waals surface area contributed by atoms with Crippen LogP contribution in [0.5, 0.6) is 17.2 Å². The summed E-state index contributed by atoms with van der Waals surface area (Å²) in [5.74, 6) is 2.51. The molecule has 0 amide bonds. The van der Waals surface area contributed by atoms with Gasteiger partial charge >= 0.3 is 0 Å². The Morgan fingerprint density at radius 1 is 0.739 bits per heavy atom. The van der Waals surface area contributed by atoms with Gasteiger partial charge in [-0.25, -0.2) is 0 Å². The van der Waals surface area contributed by atoms with Gasteiger partial charge in [-0.05, 0) is 44.2 Å². The summed E-state index contributed by atoms with van der Waals surface area (Å²) in [7, 11) is 0. The first kappa shape index (κ1) is 17.2. The number of para-hydroxylation sites is 3. The van der Waals surface area contributed by atoms with Crippen LogP contribution in [0.1, 0.15) is 13.3 Å². The molecule has 0 aliphatic rings. The highest BCUT2D eigenvalue weighted by Crippen LogP contribution is 2.25. The molecule has 1 N–H and O–H groups in total. The molecule has 2 aromatic carbocycles. The first-order chi connectivity index (χ1) is 11.4. The van der Waals surface area contributed by atoms with E-state index in [1.54, 1.807) is 0 Å². The normalized spacial score (nSPS) is 10.3. The second-order valence-electron chi connectivity index (χ2n) is 4.99. The highest BCUT2D eigenvalue weighted by Gasteiger charge is 2.02. The molecule has 0 unspecified atom stereocenters. The predicted molar refractivity (Wildman–Crippen MR) is 92.5 cm³/mol. The fourth-order valence-electron chi connectivity index (χ4n) is 2.11. The molecule has 0 aromatic heterocycles. The van der Waals surface area contributed by atoms with E-state index in [2.05, 4.69) is 5.32 Å². The summed E-state index contributed by atoms with van der Waals surface area (Å²) in [5, 5.41) is 3.35. The van der Waals surface area contributed by atoms with Crippen LogP contribution in [-0.2, 0) is 0 Å². The molecule has 4 heteroatoms. The van der Waals surface area contributed by atoms with Crippen LogP contribution in [0.15, 0.2) is 54.6 Å². The third-order valence-corrected chi connectivity index (χ3v) is 3.20. The van der Waals surface area contributed by atoms with Gasteiger partial charge in [0.1, 0.15) is 12.4 Å². The molecule has 0 saturated carbocycles. The Labute approximate surface area is 138 Å². The Kier molecular flexibility index (Phi) is 7.84. The number of benzene rings is 2.